The lowest BCUT2D eigenvalue weighted by atomic mass is 9.98. The molecule has 5 nitrogen and oxygen atoms in total. The van der Waals surface area contributed by atoms with Gasteiger partial charge in [-0.1, -0.05) is 44.9 Å². The van der Waals surface area contributed by atoms with Crippen LogP contribution in [-0.2, 0) is 4.79 Å². The second-order valence-electron chi connectivity index (χ2n) is 7.36. The number of nitrogens with one attached hydrogen (secondary N) is 2. The van der Waals surface area contributed by atoms with Gasteiger partial charge in [-0.2, -0.15) is 0 Å². The molecular formula is C23H26ClN3O2S. The summed E-state index contributed by atoms with van der Waals surface area (Å²) in [6, 6.07) is 11.5. The number of hydrogen-bond donors (Lipinski definition) is 2. The van der Waals surface area contributed by atoms with Gasteiger partial charge >= 0.3 is 0 Å². The minimum atomic E-state index is -0.113. The van der Waals surface area contributed by atoms with Gasteiger partial charge in [0, 0.05) is 12.0 Å². The lowest BCUT2D eigenvalue weighted by Crippen LogP contribution is -2.33. The second kappa shape index (κ2) is 10.0. The van der Waals surface area contributed by atoms with E-state index >= 15 is 0 Å². The Kier molecular flexibility index (Phi) is 7.45. The Hall–Kier alpha value is -2.44. The summed E-state index contributed by atoms with van der Waals surface area (Å²) in [5.41, 5.74) is 4.15. The maximum Gasteiger partial charge on any atom is 0.227 e. The number of halogens is 1. The van der Waals surface area contributed by atoms with E-state index in [0.717, 1.165) is 35.9 Å². The summed E-state index contributed by atoms with van der Waals surface area (Å²) in [4.78, 5) is 16.5. The summed E-state index contributed by atoms with van der Waals surface area (Å²) < 4.78 is 5.95. The minimum absolute atomic E-state index is 0.113. The average Bonchev–Trinajstić information content (AvgIpc) is 3.16. The molecule has 2 N–H and O–H groups in total. The molecule has 0 saturated heterocycles. The van der Waals surface area contributed by atoms with Crippen LogP contribution in [0.25, 0.3) is 22.6 Å². The molecule has 2 aromatic carbocycles. The predicted molar refractivity (Wildman–Crippen MR) is 127 cm³/mol. The van der Waals surface area contributed by atoms with E-state index in [1.54, 1.807) is 6.07 Å². The lowest BCUT2D eigenvalue weighted by molar-refractivity contribution is -0.119. The Morgan fingerprint density at radius 2 is 2.03 bits per heavy atom. The molecule has 1 amide bonds. The number of unbranched alkanes of at least 4 members (excludes halogenated alkanes) is 1. The van der Waals surface area contributed by atoms with Crippen LogP contribution in [0.3, 0.4) is 0 Å². The molecule has 1 atom stereocenters. The molecular weight excluding hydrogens is 418 g/mol. The monoisotopic (exact) mass is 443 g/mol. The number of hydrogen-bond acceptors (Lipinski definition) is 4. The van der Waals surface area contributed by atoms with Crippen molar-refractivity contribution in [3.63, 3.8) is 0 Å². The fraction of sp³-hybridized carbons (Fsp3) is 0.348. The van der Waals surface area contributed by atoms with Gasteiger partial charge in [-0.25, -0.2) is 4.98 Å². The highest BCUT2D eigenvalue weighted by molar-refractivity contribution is 7.80. The summed E-state index contributed by atoms with van der Waals surface area (Å²) in [5, 5.41) is 6.37. The van der Waals surface area contributed by atoms with Crippen molar-refractivity contribution in [3.8, 4) is 11.5 Å². The third-order valence-electron chi connectivity index (χ3n) is 5.06. The second-order valence-corrected chi connectivity index (χ2v) is 8.17. The minimum Gasteiger partial charge on any atom is -0.436 e. The van der Waals surface area contributed by atoms with Crippen LogP contribution >= 0.6 is 23.8 Å². The Morgan fingerprint density at radius 1 is 1.23 bits per heavy atom. The average molecular weight is 444 g/mol. The van der Waals surface area contributed by atoms with Gasteiger partial charge in [0.2, 0.25) is 11.8 Å². The molecule has 0 aliphatic rings. The predicted octanol–water partition coefficient (Wildman–Crippen LogP) is 6.66. The summed E-state index contributed by atoms with van der Waals surface area (Å²) in [6.45, 7) is 6.40. The Labute approximate surface area is 187 Å². The first kappa shape index (κ1) is 22.2. The van der Waals surface area contributed by atoms with Crippen molar-refractivity contribution in [2.24, 2.45) is 0 Å². The van der Waals surface area contributed by atoms with Gasteiger partial charge in [0.05, 0.1) is 10.7 Å². The summed E-state index contributed by atoms with van der Waals surface area (Å²) in [6.07, 6.45) is 3.27. The van der Waals surface area contributed by atoms with E-state index in [1.807, 2.05) is 25.1 Å². The molecule has 1 aromatic heterocycles. The molecule has 0 fully saturated rings. The van der Waals surface area contributed by atoms with E-state index < -0.39 is 0 Å². The Morgan fingerprint density at radius 3 is 2.77 bits per heavy atom. The van der Waals surface area contributed by atoms with Crippen molar-refractivity contribution in [2.45, 2.75) is 52.4 Å². The smallest absolute Gasteiger partial charge is 0.227 e. The van der Waals surface area contributed by atoms with E-state index in [0.29, 0.717) is 28.9 Å². The van der Waals surface area contributed by atoms with Gasteiger partial charge in [-0.3, -0.25) is 4.79 Å². The highest BCUT2D eigenvalue weighted by atomic mass is 35.5. The maximum atomic E-state index is 11.9. The van der Waals surface area contributed by atoms with Crippen LogP contribution in [0, 0.1) is 0 Å². The number of nitrogens with zero attached hydrogens (tertiary/aromatic N) is 1. The number of rotatable bonds is 7. The number of carbonyl (C=O) groups excluding carboxylic acids is 1. The summed E-state index contributed by atoms with van der Waals surface area (Å²) in [5.74, 6) is 0.857. The van der Waals surface area contributed by atoms with Gasteiger partial charge in [-0.15, -0.1) is 0 Å². The van der Waals surface area contributed by atoms with Crippen molar-refractivity contribution in [1.82, 2.24) is 10.3 Å². The Balaban J connectivity index is 1.80. The number of fused-ring (bicyclic) bond motifs is 1. The van der Waals surface area contributed by atoms with Crippen LogP contribution in [0.15, 0.2) is 40.8 Å². The zero-order valence-corrected chi connectivity index (χ0v) is 19.0. The molecule has 158 valence electrons. The van der Waals surface area contributed by atoms with E-state index in [9.17, 15) is 4.79 Å². The van der Waals surface area contributed by atoms with Crippen molar-refractivity contribution in [2.75, 3.05) is 5.32 Å². The standard InChI is InChI=1S/C23H26ClN3O2S/c1-4-6-7-21(28)27-23(30)26-18-13-16(8-10-17(18)24)22-25-19-12-15(14(3)5-2)9-11-20(19)29-22/h8-14H,4-7H2,1-3H3,(H2,26,27,28,30)/t14-/m1/s1. The highest BCUT2D eigenvalue weighted by Crippen LogP contribution is 2.31. The van der Waals surface area contributed by atoms with Gasteiger partial charge < -0.3 is 15.1 Å². The number of aromatic nitrogens is 1. The molecule has 3 aromatic rings. The van der Waals surface area contributed by atoms with Gasteiger partial charge in [-0.05, 0) is 66.9 Å². The number of anilines is 1. The fourth-order valence-electron chi connectivity index (χ4n) is 3.04. The first-order valence-electron chi connectivity index (χ1n) is 10.2. The van der Waals surface area contributed by atoms with Crippen LogP contribution in [0.4, 0.5) is 5.69 Å². The quantitative estimate of drug-likeness (QED) is 0.399. The molecule has 0 saturated carbocycles. The number of benzene rings is 2. The molecule has 0 aliphatic heterocycles. The first-order valence-corrected chi connectivity index (χ1v) is 11.0. The van der Waals surface area contributed by atoms with Crippen LogP contribution < -0.4 is 10.6 Å². The molecule has 0 radical (unpaired) electrons. The fourth-order valence-corrected chi connectivity index (χ4v) is 3.43. The van der Waals surface area contributed by atoms with Crippen molar-refractivity contribution >= 4 is 51.6 Å². The maximum absolute atomic E-state index is 11.9. The largest absolute Gasteiger partial charge is 0.436 e. The van der Waals surface area contributed by atoms with Crippen LogP contribution in [0.2, 0.25) is 5.02 Å². The van der Waals surface area contributed by atoms with Crippen LogP contribution in [0.5, 0.6) is 0 Å². The number of oxazole rings is 1. The number of carbonyl (C=O) groups is 1. The van der Waals surface area contributed by atoms with Gasteiger partial charge in [0.25, 0.3) is 0 Å². The molecule has 0 spiro atoms. The van der Waals surface area contributed by atoms with E-state index in [2.05, 4.69) is 41.6 Å². The molecule has 7 heteroatoms. The van der Waals surface area contributed by atoms with Crippen molar-refractivity contribution in [1.29, 1.82) is 0 Å². The van der Waals surface area contributed by atoms with Crippen molar-refractivity contribution < 1.29 is 9.21 Å². The first-order chi connectivity index (χ1) is 14.4. The van der Waals surface area contributed by atoms with E-state index in [-0.39, 0.29) is 11.0 Å². The molecule has 0 bridgehead atoms. The third kappa shape index (κ3) is 5.37. The summed E-state index contributed by atoms with van der Waals surface area (Å²) in [7, 11) is 0. The number of thiocarbonyl (C=S) groups is 1. The zero-order valence-electron chi connectivity index (χ0n) is 17.4. The topological polar surface area (TPSA) is 67.2 Å². The highest BCUT2D eigenvalue weighted by Gasteiger charge is 2.13. The zero-order chi connectivity index (χ0) is 21.7. The van der Waals surface area contributed by atoms with Crippen LogP contribution in [0.1, 0.15) is 57.9 Å². The molecule has 0 aliphatic carbocycles. The molecule has 1 heterocycles. The lowest BCUT2D eigenvalue weighted by Gasteiger charge is -2.11. The third-order valence-corrected chi connectivity index (χ3v) is 5.60. The Bertz CT molecular complexity index is 1060. The number of amides is 1. The normalized spacial score (nSPS) is 12.0. The molecule has 0 unspecified atom stereocenters. The SMILES string of the molecule is CCCCC(=O)NC(=S)Nc1cc(-c2nc3cc([C@H](C)CC)ccc3o2)ccc1Cl. The van der Waals surface area contributed by atoms with Crippen LogP contribution in [-0.4, -0.2) is 16.0 Å². The van der Waals surface area contributed by atoms with E-state index in [4.69, 9.17) is 28.2 Å². The summed E-state index contributed by atoms with van der Waals surface area (Å²) >= 11 is 11.6. The molecule has 3 rings (SSSR count). The van der Waals surface area contributed by atoms with Gasteiger partial charge in [0.1, 0.15) is 5.52 Å². The molecule has 30 heavy (non-hydrogen) atoms. The van der Waals surface area contributed by atoms with E-state index in [1.165, 1.54) is 5.56 Å². The van der Waals surface area contributed by atoms with Crippen molar-refractivity contribution in [3.05, 3.63) is 47.0 Å². The van der Waals surface area contributed by atoms with Gasteiger partial charge in [0.15, 0.2) is 10.7 Å².